The van der Waals surface area contributed by atoms with E-state index < -0.39 is 0 Å². The van der Waals surface area contributed by atoms with E-state index in [0.717, 1.165) is 5.06 Å². The van der Waals surface area contributed by atoms with Gasteiger partial charge < -0.3 is 24.0 Å². The van der Waals surface area contributed by atoms with Gasteiger partial charge in [0.1, 0.15) is 0 Å². The molecule has 2 nitrogen and oxygen atoms in total. The van der Waals surface area contributed by atoms with E-state index in [-0.39, 0.29) is 24.0 Å². The molecular weight excluding hydrogens is 193 g/mol. The standard InChI is InChI=1S/C3H9NO.HI/c1-4(2)5-3;/h1-3H3;1H. The summed E-state index contributed by atoms with van der Waals surface area (Å²) in [5.74, 6) is 0. The highest BCUT2D eigenvalue weighted by atomic mass is 127. The molecule has 0 saturated carbocycles. The number of hydroxylamine groups is 2. The summed E-state index contributed by atoms with van der Waals surface area (Å²) in [6.07, 6.45) is 0. The molecule has 0 fully saturated rings. The molecule has 0 aliphatic heterocycles. The van der Waals surface area contributed by atoms with Crippen LogP contribution < -0.4 is 29.0 Å². The molecule has 0 spiro atoms. The van der Waals surface area contributed by atoms with E-state index in [0.29, 0.717) is 0 Å². The molecule has 1 N–H and O–H groups in total. The maximum absolute atomic E-state index is 4.67. The van der Waals surface area contributed by atoms with Crippen LogP contribution in [0.2, 0.25) is 0 Å². The first-order chi connectivity index (χ1) is 2.27. The van der Waals surface area contributed by atoms with Crippen molar-refractivity contribution in [2.75, 3.05) is 21.2 Å². The van der Waals surface area contributed by atoms with Crippen molar-refractivity contribution in [3.05, 3.63) is 0 Å². The van der Waals surface area contributed by atoms with Crippen LogP contribution in [0.25, 0.3) is 0 Å². The highest BCUT2D eigenvalue weighted by Crippen LogP contribution is 1.21. The van der Waals surface area contributed by atoms with Crippen molar-refractivity contribution < 1.29 is 33.9 Å². The molecular formula is C3H10INO. The molecule has 0 aliphatic carbocycles. The van der Waals surface area contributed by atoms with Gasteiger partial charge in [0.15, 0.2) is 0 Å². The van der Waals surface area contributed by atoms with Crippen molar-refractivity contribution in [3.63, 3.8) is 0 Å². The van der Waals surface area contributed by atoms with Gasteiger partial charge in [0.05, 0.1) is 21.2 Å². The average molecular weight is 203 g/mol. The minimum Gasteiger partial charge on any atom is -1.00 e. The van der Waals surface area contributed by atoms with E-state index in [9.17, 15) is 0 Å². The Labute approximate surface area is 55.4 Å². The van der Waals surface area contributed by atoms with Gasteiger partial charge in [-0.3, -0.25) is 0 Å². The zero-order valence-corrected chi connectivity index (χ0v) is 6.44. The van der Waals surface area contributed by atoms with Crippen molar-refractivity contribution >= 4 is 0 Å². The summed E-state index contributed by atoms with van der Waals surface area (Å²) in [4.78, 5) is 4.67. The summed E-state index contributed by atoms with van der Waals surface area (Å²) in [5.41, 5.74) is 0. The maximum atomic E-state index is 4.67. The molecule has 0 atom stereocenters. The zero-order valence-electron chi connectivity index (χ0n) is 4.29. The lowest BCUT2D eigenvalue weighted by atomic mass is 11.2. The third kappa shape index (κ3) is 8.82. The highest BCUT2D eigenvalue weighted by Gasteiger charge is 1.75. The molecule has 0 aromatic heterocycles. The summed E-state index contributed by atoms with van der Waals surface area (Å²) >= 11 is 0. The van der Waals surface area contributed by atoms with E-state index in [1.54, 1.807) is 7.11 Å². The number of quaternary nitrogens is 1. The molecule has 0 amide bonds. The molecule has 0 saturated heterocycles. The molecule has 0 aromatic rings. The Bertz CT molecular complexity index is 24.8. The van der Waals surface area contributed by atoms with Crippen LogP contribution >= 0.6 is 0 Å². The Balaban J connectivity index is 0. The number of rotatable bonds is 1. The topological polar surface area (TPSA) is 13.7 Å². The van der Waals surface area contributed by atoms with E-state index in [1.165, 1.54) is 0 Å². The van der Waals surface area contributed by atoms with Crippen LogP contribution in [0.1, 0.15) is 0 Å². The first-order valence-electron chi connectivity index (χ1n) is 1.61. The van der Waals surface area contributed by atoms with Gasteiger partial charge in [0, 0.05) is 0 Å². The predicted molar refractivity (Wildman–Crippen MR) is 19.8 cm³/mol. The Kier molecular flexibility index (Phi) is 9.25. The van der Waals surface area contributed by atoms with Gasteiger partial charge in [-0.2, -0.15) is 5.06 Å². The first kappa shape index (κ1) is 9.82. The van der Waals surface area contributed by atoms with E-state index >= 15 is 0 Å². The summed E-state index contributed by atoms with van der Waals surface area (Å²) in [7, 11) is 5.50. The molecule has 0 bridgehead atoms. The van der Waals surface area contributed by atoms with Crippen LogP contribution in [0.3, 0.4) is 0 Å². The predicted octanol–water partition coefficient (Wildman–Crippen LogP) is -4.30. The van der Waals surface area contributed by atoms with Crippen LogP contribution in [0.15, 0.2) is 0 Å². The third-order valence-corrected chi connectivity index (χ3v) is 0.408. The fraction of sp³-hybridized carbons (Fsp3) is 1.00. The van der Waals surface area contributed by atoms with Crippen LogP contribution in [-0.2, 0) is 4.84 Å². The van der Waals surface area contributed by atoms with Gasteiger partial charge in [0.2, 0.25) is 0 Å². The Hall–Kier alpha value is 0.650. The average Bonchev–Trinajstić information content (AvgIpc) is 1.38. The molecule has 3 heteroatoms. The van der Waals surface area contributed by atoms with Crippen molar-refractivity contribution in [3.8, 4) is 0 Å². The number of hydrogen-bond donors (Lipinski definition) is 1. The van der Waals surface area contributed by atoms with Crippen molar-refractivity contribution in [1.29, 1.82) is 0 Å². The summed E-state index contributed by atoms with van der Waals surface area (Å²) in [6, 6.07) is 0. The second-order valence-electron chi connectivity index (χ2n) is 1.11. The third-order valence-electron chi connectivity index (χ3n) is 0.408. The molecule has 0 rings (SSSR count). The monoisotopic (exact) mass is 203 g/mol. The SMILES string of the molecule is CO[NH+](C)C.[I-]. The Morgan fingerprint density at radius 1 is 1.33 bits per heavy atom. The fourth-order valence-corrected chi connectivity index (χ4v) is 0. The van der Waals surface area contributed by atoms with E-state index in [1.807, 2.05) is 14.1 Å². The lowest BCUT2D eigenvalue weighted by Crippen LogP contribution is -3.04. The number of hydrogen-bond acceptors (Lipinski definition) is 1. The summed E-state index contributed by atoms with van der Waals surface area (Å²) in [6.45, 7) is 0. The number of halogens is 1. The van der Waals surface area contributed by atoms with Crippen molar-refractivity contribution in [1.82, 2.24) is 0 Å². The summed E-state index contributed by atoms with van der Waals surface area (Å²) < 4.78 is 0. The number of nitrogens with one attached hydrogen (secondary N) is 1. The molecule has 0 unspecified atom stereocenters. The normalized spacial score (nSPS) is 8.00. The molecule has 40 valence electrons. The lowest BCUT2D eigenvalue weighted by Gasteiger charge is -1.96. The molecule has 6 heavy (non-hydrogen) atoms. The van der Waals surface area contributed by atoms with Gasteiger partial charge in [-0.15, -0.1) is 0 Å². The van der Waals surface area contributed by atoms with Crippen LogP contribution in [0.5, 0.6) is 0 Å². The summed E-state index contributed by atoms with van der Waals surface area (Å²) in [5, 5.41) is 1.00. The van der Waals surface area contributed by atoms with E-state index in [2.05, 4.69) is 4.84 Å². The molecule has 0 aliphatic rings. The smallest absolute Gasteiger partial charge is 0.0965 e. The maximum Gasteiger partial charge on any atom is 0.0965 e. The van der Waals surface area contributed by atoms with Crippen LogP contribution in [-0.4, -0.2) is 21.2 Å². The largest absolute Gasteiger partial charge is 1.00 e. The highest BCUT2D eigenvalue weighted by molar-refractivity contribution is 3.52. The molecule has 0 aromatic carbocycles. The minimum atomic E-state index is 0. The van der Waals surface area contributed by atoms with Gasteiger partial charge in [-0.1, -0.05) is 0 Å². The zero-order chi connectivity index (χ0) is 4.28. The van der Waals surface area contributed by atoms with Gasteiger partial charge in [-0.05, 0) is 0 Å². The van der Waals surface area contributed by atoms with Crippen molar-refractivity contribution in [2.24, 2.45) is 0 Å². The van der Waals surface area contributed by atoms with E-state index in [4.69, 9.17) is 0 Å². The minimum absolute atomic E-state index is 0. The molecule has 0 heterocycles. The Morgan fingerprint density at radius 2 is 1.50 bits per heavy atom. The van der Waals surface area contributed by atoms with Gasteiger partial charge in [-0.25, -0.2) is 4.84 Å². The first-order valence-corrected chi connectivity index (χ1v) is 1.61. The van der Waals surface area contributed by atoms with Crippen LogP contribution in [0, 0.1) is 0 Å². The van der Waals surface area contributed by atoms with Gasteiger partial charge in [0.25, 0.3) is 0 Å². The molecule has 0 radical (unpaired) electrons. The fourth-order valence-electron chi connectivity index (χ4n) is 0. The Morgan fingerprint density at radius 3 is 1.50 bits per heavy atom. The van der Waals surface area contributed by atoms with Gasteiger partial charge >= 0.3 is 0 Å². The lowest BCUT2D eigenvalue weighted by molar-refractivity contribution is -1.06. The second kappa shape index (κ2) is 5.65. The quantitative estimate of drug-likeness (QED) is 0.336. The van der Waals surface area contributed by atoms with Crippen molar-refractivity contribution in [2.45, 2.75) is 0 Å². The second-order valence-corrected chi connectivity index (χ2v) is 1.11. The van der Waals surface area contributed by atoms with Crippen LogP contribution in [0.4, 0.5) is 0 Å².